The number of hydrogen-bond donors (Lipinski definition) is 0. The molecule has 0 unspecified atom stereocenters. The number of Topliss-reactive ketones (excluding diaryl/α,β-unsaturated/α-hetero) is 1. The van der Waals surface area contributed by atoms with Gasteiger partial charge < -0.3 is 0 Å². The predicted molar refractivity (Wildman–Crippen MR) is 113 cm³/mol. The normalized spacial score (nSPS) is 13.7. The molecule has 0 aliphatic carbocycles. The van der Waals surface area contributed by atoms with Crippen LogP contribution in [0.2, 0.25) is 0 Å². The van der Waals surface area contributed by atoms with Crippen molar-refractivity contribution in [1.82, 2.24) is 15.0 Å². The Labute approximate surface area is 171 Å². The molecule has 0 aromatic carbocycles. The van der Waals surface area contributed by atoms with E-state index < -0.39 is 0 Å². The lowest BCUT2D eigenvalue weighted by atomic mass is 9.93. The zero-order chi connectivity index (χ0) is 20.2. The van der Waals surface area contributed by atoms with Crippen LogP contribution < -0.4 is 0 Å². The molecule has 0 spiro atoms. The van der Waals surface area contributed by atoms with Crippen molar-refractivity contribution in [2.75, 3.05) is 0 Å². The molecule has 146 valence electrons. The number of carbonyl (C=O) groups is 1. The van der Waals surface area contributed by atoms with Crippen molar-refractivity contribution >= 4 is 11.5 Å². The molecule has 0 saturated heterocycles. The lowest BCUT2D eigenvalue weighted by Crippen LogP contribution is -2.12. The second kappa shape index (κ2) is 8.43. The van der Waals surface area contributed by atoms with Gasteiger partial charge in [0.25, 0.3) is 0 Å². The molecule has 1 aliphatic rings. The summed E-state index contributed by atoms with van der Waals surface area (Å²) < 4.78 is 0. The van der Waals surface area contributed by atoms with Gasteiger partial charge >= 0.3 is 0 Å². The minimum atomic E-state index is 0.156. The molecular weight excluding hydrogens is 360 g/mol. The molecule has 5 heteroatoms. The Balaban J connectivity index is 1.46. The van der Waals surface area contributed by atoms with Crippen molar-refractivity contribution in [1.29, 1.82) is 0 Å². The average molecular weight is 384 g/mol. The molecular formula is C24H24N4O. The van der Waals surface area contributed by atoms with Gasteiger partial charge in [-0.1, -0.05) is 13.0 Å². The number of hydrogen-bond acceptors (Lipinski definition) is 5. The van der Waals surface area contributed by atoms with Crippen molar-refractivity contribution in [3.63, 3.8) is 0 Å². The van der Waals surface area contributed by atoms with E-state index in [9.17, 15) is 4.79 Å². The van der Waals surface area contributed by atoms with Crippen LogP contribution in [0, 0.1) is 6.92 Å². The number of aromatic nitrogens is 3. The first kappa shape index (κ1) is 19.1. The van der Waals surface area contributed by atoms with Gasteiger partial charge in [0.2, 0.25) is 0 Å². The molecule has 3 aromatic rings. The quantitative estimate of drug-likeness (QED) is 0.611. The highest BCUT2D eigenvalue weighted by Gasteiger charge is 2.20. The Bertz CT molecular complexity index is 1060. The van der Waals surface area contributed by atoms with Gasteiger partial charge in [-0.15, -0.1) is 0 Å². The fourth-order valence-electron chi connectivity index (χ4n) is 3.80. The summed E-state index contributed by atoms with van der Waals surface area (Å²) in [6, 6.07) is 11.9. The fraction of sp³-hybridized carbons (Fsp3) is 0.292. The van der Waals surface area contributed by atoms with E-state index in [1.807, 2.05) is 49.5 Å². The van der Waals surface area contributed by atoms with Gasteiger partial charge in [-0.25, -0.2) is 0 Å². The highest BCUT2D eigenvalue weighted by molar-refractivity contribution is 6.15. The van der Waals surface area contributed by atoms with E-state index in [2.05, 4.69) is 21.9 Å². The summed E-state index contributed by atoms with van der Waals surface area (Å²) in [5, 5.41) is 0. The molecule has 1 aliphatic heterocycles. The summed E-state index contributed by atoms with van der Waals surface area (Å²) in [6.45, 7) is 4.70. The molecule has 0 fully saturated rings. The maximum atomic E-state index is 12.7. The lowest BCUT2D eigenvalue weighted by molar-refractivity contribution is -0.118. The maximum absolute atomic E-state index is 12.7. The summed E-state index contributed by atoms with van der Waals surface area (Å²) in [5.74, 6) is 0.349. The summed E-state index contributed by atoms with van der Waals surface area (Å²) in [6.07, 6.45) is 7.17. The number of pyridine rings is 3. The van der Waals surface area contributed by atoms with E-state index in [1.54, 1.807) is 12.4 Å². The van der Waals surface area contributed by atoms with E-state index >= 15 is 0 Å². The third-order valence-electron chi connectivity index (χ3n) is 5.33. The second-order valence-electron chi connectivity index (χ2n) is 7.46. The summed E-state index contributed by atoms with van der Waals surface area (Å²) in [4.78, 5) is 30.6. The largest absolute Gasteiger partial charge is 0.299 e. The van der Waals surface area contributed by atoms with Crippen molar-refractivity contribution in [3.05, 3.63) is 88.8 Å². The summed E-state index contributed by atoms with van der Waals surface area (Å²) >= 11 is 0. The zero-order valence-electron chi connectivity index (χ0n) is 16.8. The van der Waals surface area contributed by atoms with Gasteiger partial charge in [0.05, 0.1) is 12.3 Å². The van der Waals surface area contributed by atoms with Crippen LogP contribution in [0.3, 0.4) is 0 Å². The van der Waals surface area contributed by atoms with E-state index in [0.29, 0.717) is 19.4 Å². The number of fused-ring (bicyclic) bond motifs is 1. The standard InChI is InChI=1S/C24H24N4O/c1-3-17(23-6-4-5-8-26-23)12-21(29)13-20-11-19-14-28-24(22(19)15-27-20)18-7-9-25-16(2)10-18/h4-11,15,17H,3,12-14H2,1-2H3/t17-/m0/s1. The zero-order valence-corrected chi connectivity index (χ0v) is 16.8. The van der Waals surface area contributed by atoms with E-state index in [0.717, 1.165) is 45.9 Å². The van der Waals surface area contributed by atoms with Crippen molar-refractivity contribution in [2.45, 2.75) is 45.6 Å². The van der Waals surface area contributed by atoms with Gasteiger partial charge in [-0.2, -0.15) is 0 Å². The topological polar surface area (TPSA) is 68.1 Å². The SMILES string of the molecule is CC[C@@H](CC(=O)Cc1cc2c(cn1)C(c1ccnc(C)c1)=NC2)c1ccccn1. The second-order valence-corrected chi connectivity index (χ2v) is 7.46. The van der Waals surface area contributed by atoms with Gasteiger partial charge in [0, 0.05) is 65.6 Å². The number of rotatable bonds is 7. The predicted octanol–water partition coefficient (Wildman–Crippen LogP) is 4.23. The highest BCUT2D eigenvalue weighted by Crippen LogP contribution is 2.25. The van der Waals surface area contributed by atoms with Crippen molar-refractivity contribution < 1.29 is 4.79 Å². The Morgan fingerprint density at radius 2 is 2.00 bits per heavy atom. The third kappa shape index (κ3) is 4.29. The first-order valence-corrected chi connectivity index (χ1v) is 10.0. The average Bonchev–Trinajstić information content (AvgIpc) is 3.16. The molecule has 0 bridgehead atoms. The molecule has 5 nitrogen and oxygen atoms in total. The fourth-order valence-corrected chi connectivity index (χ4v) is 3.80. The van der Waals surface area contributed by atoms with Crippen LogP contribution >= 0.6 is 0 Å². The minimum Gasteiger partial charge on any atom is -0.299 e. The highest BCUT2D eigenvalue weighted by atomic mass is 16.1. The van der Waals surface area contributed by atoms with Crippen LogP contribution in [0.4, 0.5) is 0 Å². The first-order valence-electron chi connectivity index (χ1n) is 10.0. The molecule has 29 heavy (non-hydrogen) atoms. The number of ketones is 1. The molecule has 0 amide bonds. The van der Waals surface area contributed by atoms with Gasteiger partial charge in [0.1, 0.15) is 5.78 Å². The smallest absolute Gasteiger partial charge is 0.139 e. The number of nitrogens with zero attached hydrogens (tertiary/aromatic N) is 4. The van der Waals surface area contributed by atoms with Gasteiger partial charge in [0.15, 0.2) is 0 Å². The van der Waals surface area contributed by atoms with Crippen LogP contribution in [-0.2, 0) is 17.8 Å². The Hall–Kier alpha value is -3.21. The third-order valence-corrected chi connectivity index (χ3v) is 5.33. The van der Waals surface area contributed by atoms with Crippen molar-refractivity contribution in [3.8, 4) is 0 Å². The van der Waals surface area contributed by atoms with Gasteiger partial charge in [-0.3, -0.25) is 24.7 Å². The maximum Gasteiger partial charge on any atom is 0.139 e. The Morgan fingerprint density at radius 1 is 1.10 bits per heavy atom. The minimum absolute atomic E-state index is 0.156. The summed E-state index contributed by atoms with van der Waals surface area (Å²) in [5.41, 5.74) is 6.95. The molecule has 3 aromatic heterocycles. The molecule has 0 radical (unpaired) electrons. The Kier molecular flexibility index (Phi) is 5.56. The van der Waals surface area contributed by atoms with Crippen LogP contribution in [-0.4, -0.2) is 26.4 Å². The van der Waals surface area contributed by atoms with Crippen LogP contribution in [0.1, 0.15) is 59.5 Å². The molecule has 0 saturated carbocycles. The molecule has 1 atom stereocenters. The van der Waals surface area contributed by atoms with Crippen LogP contribution in [0.15, 0.2) is 60.0 Å². The van der Waals surface area contributed by atoms with E-state index in [1.165, 1.54) is 0 Å². The van der Waals surface area contributed by atoms with Crippen LogP contribution in [0.25, 0.3) is 0 Å². The molecule has 4 rings (SSSR count). The van der Waals surface area contributed by atoms with E-state index in [4.69, 9.17) is 4.99 Å². The monoisotopic (exact) mass is 384 g/mol. The molecule has 4 heterocycles. The Morgan fingerprint density at radius 3 is 2.76 bits per heavy atom. The first-order chi connectivity index (χ1) is 14.1. The number of carbonyl (C=O) groups excluding carboxylic acids is 1. The summed E-state index contributed by atoms with van der Waals surface area (Å²) in [7, 11) is 0. The van der Waals surface area contributed by atoms with Gasteiger partial charge in [-0.05, 0) is 49.2 Å². The lowest BCUT2D eigenvalue weighted by Gasteiger charge is -2.13. The molecule has 0 N–H and O–H groups in total. The van der Waals surface area contributed by atoms with E-state index in [-0.39, 0.29) is 11.7 Å². The van der Waals surface area contributed by atoms with Crippen molar-refractivity contribution in [2.24, 2.45) is 4.99 Å². The van der Waals surface area contributed by atoms with Crippen LogP contribution in [0.5, 0.6) is 0 Å². The number of aliphatic imine (C=N–C) groups is 1. The number of aryl methyl sites for hydroxylation is 1.